The molecule has 5 heteroatoms. The molecule has 0 bridgehead atoms. The molecule has 1 atom stereocenters. The van der Waals surface area contributed by atoms with Gasteiger partial charge in [0.25, 0.3) is 0 Å². The van der Waals surface area contributed by atoms with Crippen LogP contribution in [-0.4, -0.2) is 22.4 Å². The van der Waals surface area contributed by atoms with Crippen molar-refractivity contribution < 1.29 is 9.53 Å². The maximum absolute atomic E-state index is 11.3. The van der Waals surface area contributed by atoms with Crippen molar-refractivity contribution in [2.75, 3.05) is 6.61 Å². The van der Waals surface area contributed by atoms with Gasteiger partial charge in [0.1, 0.15) is 6.04 Å². The molecule has 4 nitrogen and oxygen atoms in total. The molecule has 1 aromatic heterocycles. The van der Waals surface area contributed by atoms with E-state index in [1.54, 1.807) is 24.7 Å². The molecule has 0 saturated carbocycles. The third-order valence-corrected chi connectivity index (χ3v) is 2.15. The highest BCUT2D eigenvalue weighted by Crippen LogP contribution is 2.09. The number of rotatable bonds is 3. The van der Waals surface area contributed by atoms with E-state index in [-0.39, 0.29) is 12.0 Å². The molecule has 72 valence electrons. The molecular formula is C8H11IN2O2. The van der Waals surface area contributed by atoms with E-state index >= 15 is 0 Å². The summed E-state index contributed by atoms with van der Waals surface area (Å²) in [6, 6.07) is -0.344. The van der Waals surface area contributed by atoms with Crippen LogP contribution in [0.3, 0.4) is 0 Å². The first kappa shape index (κ1) is 10.5. The minimum absolute atomic E-state index is 0.248. The van der Waals surface area contributed by atoms with Crippen molar-refractivity contribution in [1.82, 2.24) is 9.78 Å². The third kappa shape index (κ3) is 2.68. The molecule has 1 aromatic rings. The van der Waals surface area contributed by atoms with E-state index in [9.17, 15) is 4.79 Å². The van der Waals surface area contributed by atoms with E-state index in [4.69, 9.17) is 4.74 Å². The standard InChI is InChI=1S/C8H11IN2O2/c1-3-13-8(12)6(2)11-5-7(9)4-10-11/h4-6H,3H2,1-2H3/t6-/m1/s1. The lowest BCUT2D eigenvalue weighted by Crippen LogP contribution is -2.19. The molecule has 13 heavy (non-hydrogen) atoms. The average molecular weight is 294 g/mol. The second kappa shape index (κ2) is 4.59. The molecule has 1 heterocycles. The van der Waals surface area contributed by atoms with Gasteiger partial charge in [-0.1, -0.05) is 0 Å². The van der Waals surface area contributed by atoms with Gasteiger partial charge in [-0.25, -0.2) is 4.79 Å². The van der Waals surface area contributed by atoms with E-state index in [0.29, 0.717) is 6.61 Å². The number of carbonyl (C=O) groups is 1. The maximum Gasteiger partial charge on any atom is 0.330 e. The largest absolute Gasteiger partial charge is 0.464 e. The Morgan fingerprint density at radius 1 is 1.85 bits per heavy atom. The molecule has 0 saturated heterocycles. The molecule has 0 amide bonds. The summed E-state index contributed by atoms with van der Waals surface area (Å²) >= 11 is 2.14. The molecule has 0 aromatic carbocycles. The topological polar surface area (TPSA) is 44.1 Å². The molecule has 0 radical (unpaired) electrons. The molecule has 0 fully saturated rings. The van der Waals surface area contributed by atoms with Crippen LogP contribution in [0.2, 0.25) is 0 Å². The Labute approximate surface area is 90.4 Å². The van der Waals surface area contributed by atoms with Crippen LogP contribution in [0.4, 0.5) is 0 Å². The summed E-state index contributed by atoms with van der Waals surface area (Å²) in [5.74, 6) is -0.248. The summed E-state index contributed by atoms with van der Waals surface area (Å²) in [5.41, 5.74) is 0. The highest BCUT2D eigenvalue weighted by molar-refractivity contribution is 14.1. The molecular weight excluding hydrogens is 283 g/mol. The van der Waals surface area contributed by atoms with Gasteiger partial charge in [-0.2, -0.15) is 5.10 Å². The second-order valence-electron chi connectivity index (χ2n) is 2.57. The van der Waals surface area contributed by atoms with Crippen LogP contribution in [0, 0.1) is 3.57 Å². The van der Waals surface area contributed by atoms with E-state index in [1.807, 2.05) is 6.20 Å². The zero-order valence-corrected chi connectivity index (χ0v) is 9.69. The van der Waals surface area contributed by atoms with Crippen molar-refractivity contribution in [2.45, 2.75) is 19.9 Å². The molecule has 0 N–H and O–H groups in total. The van der Waals surface area contributed by atoms with Gasteiger partial charge >= 0.3 is 5.97 Å². The SMILES string of the molecule is CCOC(=O)[C@@H](C)n1cc(I)cn1. The first-order valence-electron chi connectivity index (χ1n) is 4.01. The quantitative estimate of drug-likeness (QED) is 0.628. The van der Waals surface area contributed by atoms with Gasteiger partial charge in [0, 0.05) is 6.20 Å². The number of carbonyl (C=O) groups excluding carboxylic acids is 1. The lowest BCUT2D eigenvalue weighted by Gasteiger charge is -2.09. The van der Waals surface area contributed by atoms with Crippen molar-refractivity contribution in [3.05, 3.63) is 16.0 Å². The molecule has 1 rings (SSSR count). The van der Waals surface area contributed by atoms with Gasteiger partial charge in [-0.05, 0) is 36.4 Å². The second-order valence-corrected chi connectivity index (χ2v) is 3.81. The molecule has 0 unspecified atom stereocenters. The molecule has 0 aliphatic carbocycles. The van der Waals surface area contributed by atoms with Gasteiger partial charge in [-0.15, -0.1) is 0 Å². The Balaban J connectivity index is 2.67. The van der Waals surface area contributed by atoms with E-state index in [1.165, 1.54) is 0 Å². The van der Waals surface area contributed by atoms with E-state index in [0.717, 1.165) is 3.57 Å². The lowest BCUT2D eigenvalue weighted by molar-refractivity contribution is -0.146. The van der Waals surface area contributed by atoms with Gasteiger partial charge < -0.3 is 4.74 Å². The number of ether oxygens (including phenoxy) is 1. The Morgan fingerprint density at radius 2 is 2.54 bits per heavy atom. The van der Waals surface area contributed by atoms with Crippen LogP contribution in [0.5, 0.6) is 0 Å². The van der Waals surface area contributed by atoms with Crippen LogP contribution in [0.15, 0.2) is 12.4 Å². The fourth-order valence-electron chi connectivity index (χ4n) is 0.898. The summed E-state index contributed by atoms with van der Waals surface area (Å²) in [6.45, 7) is 3.96. The van der Waals surface area contributed by atoms with Gasteiger partial charge in [0.2, 0.25) is 0 Å². The van der Waals surface area contributed by atoms with Crippen molar-refractivity contribution in [3.8, 4) is 0 Å². The molecule has 0 aliphatic rings. The first-order valence-corrected chi connectivity index (χ1v) is 5.09. The number of hydrogen-bond acceptors (Lipinski definition) is 3. The fourth-order valence-corrected chi connectivity index (χ4v) is 1.31. The highest BCUT2D eigenvalue weighted by Gasteiger charge is 2.16. The van der Waals surface area contributed by atoms with Crippen LogP contribution < -0.4 is 0 Å². The van der Waals surface area contributed by atoms with Crippen molar-refractivity contribution >= 4 is 28.6 Å². The zero-order valence-electron chi connectivity index (χ0n) is 7.53. The average Bonchev–Trinajstić information content (AvgIpc) is 2.51. The third-order valence-electron chi connectivity index (χ3n) is 1.59. The van der Waals surface area contributed by atoms with Crippen molar-refractivity contribution in [1.29, 1.82) is 0 Å². The van der Waals surface area contributed by atoms with Gasteiger partial charge in [0.05, 0.1) is 16.4 Å². The normalized spacial score (nSPS) is 12.5. The Morgan fingerprint density at radius 3 is 3.00 bits per heavy atom. The summed E-state index contributed by atoms with van der Waals surface area (Å²) < 4.78 is 7.47. The predicted molar refractivity (Wildman–Crippen MR) is 56.3 cm³/mol. The number of esters is 1. The van der Waals surface area contributed by atoms with Gasteiger partial charge in [-0.3, -0.25) is 4.68 Å². The summed E-state index contributed by atoms with van der Waals surface area (Å²) in [7, 11) is 0. The highest BCUT2D eigenvalue weighted by atomic mass is 127. The van der Waals surface area contributed by atoms with Crippen LogP contribution in [0.25, 0.3) is 0 Å². The number of nitrogens with zero attached hydrogens (tertiary/aromatic N) is 2. The Hall–Kier alpha value is -0.590. The Kier molecular flexibility index (Phi) is 3.71. The summed E-state index contributed by atoms with van der Waals surface area (Å²) in [5, 5.41) is 4.03. The van der Waals surface area contributed by atoms with Crippen LogP contribution in [-0.2, 0) is 9.53 Å². The Bertz CT molecular complexity index is 298. The maximum atomic E-state index is 11.3. The number of aromatic nitrogens is 2. The van der Waals surface area contributed by atoms with E-state index in [2.05, 4.69) is 27.7 Å². The first-order chi connectivity index (χ1) is 6.15. The summed E-state index contributed by atoms with van der Waals surface area (Å²) in [4.78, 5) is 11.3. The minimum Gasteiger partial charge on any atom is -0.464 e. The van der Waals surface area contributed by atoms with Crippen LogP contribution in [0.1, 0.15) is 19.9 Å². The zero-order chi connectivity index (χ0) is 9.84. The van der Waals surface area contributed by atoms with Crippen molar-refractivity contribution in [3.63, 3.8) is 0 Å². The molecule has 0 spiro atoms. The number of halogens is 1. The smallest absolute Gasteiger partial charge is 0.330 e. The lowest BCUT2D eigenvalue weighted by atomic mass is 10.3. The van der Waals surface area contributed by atoms with E-state index < -0.39 is 0 Å². The van der Waals surface area contributed by atoms with Gasteiger partial charge in [0.15, 0.2) is 0 Å². The number of hydrogen-bond donors (Lipinski definition) is 0. The predicted octanol–water partition coefficient (Wildman–Crippen LogP) is 1.61. The van der Waals surface area contributed by atoms with Crippen LogP contribution >= 0.6 is 22.6 Å². The monoisotopic (exact) mass is 294 g/mol. The van der Waals surface area contributed by atoms with Crippen molar-refractivity contribution in [2.24, 2.45) is 0 Å². The fraction of sp³-hybridized carbons (Fsp3) is 0.500. The summed E-state index contributed by atoms with van der Waals surface area (Å²) in [6.07, 6.45) is 3.51. The minimum atomic E-state index is -0.344. The molecule has 0 aliphatic heterocycles.